The fraction of sp³-hybridized carbons (Fsp3) is 0.636. The van der Waals surface area contributed by atoms with Crippen molar-refractivity contribution in [2.75, 3.05) is 65.0 Å². The molecule has 2 aliphatic rings. The highest BCUT2D eigenvalue weighted by Crippen LogP contribution is 2.22. The first-order valence-corrected chi connectivity index (χ1v) is 10.7. The van der Waals surface area contributed by atoms with E-state index < -0.39 is 0 Å². The van der Waals surface area contributed by atoms with Gasteiger partial charge in [-0.15, -0.1) is 0 Å². The van der Waals surface area contributed by atoms with Crippen LogP contribution in [0.25, 0.3) is 0 Å². The Hall–Kier alpha value is -2.16. The van der Waals surface area contributed by atoms with E-state index in [-0.39, 0.29) is 24.5 Å². The van der Waals surface area contributed by atoms with Crippen LogP contribution in [0.4, 0.5) is 10.5 Å². The topological polar surface area (TPSA) is 83.1 Å². The Morgan fingerprint density at radius 3 is 2.50 bits per heavy atom. The van der Waals surface area contributed by atoms with Gasteiger partial charge in [0, 0.05) is 50.9 Å². The van der Waals surface area contributed by atoms with E-state index in [4.69, 9.17) is 9.47 Å². The predicted octanol–water partition coefficient (Wildman–Crippen LogP) is 1.62. The predicted molar refractivity (Wildman–Crippen MR) is 116 cm³/mol. The van der Waals surface area contributed by atoms with Crippen molar-refractivity contribution in [1.29, 1.82) is 0 Å². The first-order chi connectivity index (χ1) is 14.5. The van der Waals surface area contributed by atoms with Crippen LogP contribution in [0.3, 0.4) is 0 Å². The maximum Gasteiger partial charge on any atom is 0.317 e. The van der Waals surface area contributed by atoms with E-state index in [0.29, 0.717) is 12.5 Å². The second kappa shape index (κ2) is 10.7. The van der Waals surface area contributed by atoms with Gasteiger partial charge in [0.05, 0.1) is 19.8 Å². The van der Waals surface area contributed by atoms with Gasteiger partial charge in [-0.25, -0.2) is 4.79 Å². The fourth-order valence-corrected chi connectivity index (χ4v) is 4.16. The molecule has 3 amide bonds. The summed E-state index contributed by atoms with van der Waals surface area (Å²) in [6, 6.07) is 5.84. The summed E-state index contributed by atoms with van der Waals surface area (Å²) in [7, 11) is 1.64. The number of aryl methyl sites for hydroxylation is 2. The maximum atomic E-state index is 12.6. The highest BCUT2D eigenvalue weighted by molar-refractivity contribution is 5.95. The number of amides is 3. The molecule has 30 heavy (non-hydrogen) atoms. The number of carbonyl (C=O) groups is 2. The fourth-order valence-electron chi connectivity index (χ4n) is 4.16. The molecule has 8 nitrogen and oxygen atoms in total. The Morgan fingerprint density at radius 2 is 1.87 bits per heavy atom. The number of nitrogens with one attached hydrogen (secondary N) is 2. The normalized spacial score (nSPS) is 20.6. The van der Waals surface area contributed by atoms with Gasteiger partial charge in [0.2, 0.25) is 5.91 Å². The summed E-state index contributed by atoms with van der Waals surface area (Å²) in [5, 5.41) is 5.94. The summed E-state index contributed by atoms with van der Waals surface area (Å²) in [5.41, 5.74) is 2.81. The summed E-state index contributed by atoms with van der Waals surface area (Å²) in [4.78, 5) is 28.9. The lowest BCUT2D eigenvalue weighted by molar-refractivity contribution is -0.116. The zero-order chi connectivity index (χ0) is 21.5. The van der Waals surface area contributed by atoms with Crippen LogP contribution in [0, 0.1) is 19.8 Å². The molecule has 166 valence electrons. The Bertz CT molecular complexity index is 710. The number of benzene rings is 1. The van der Waals surface area contributed by atoms with E-state index in [1.54, 1.807) is 7.05 Å². The molecular formula is C22H34N4O4. The average molecular weight is 419 g/mol. The molecule has 0 aromatic heterocycles. The maximum absolute atomic E-state index is 12.6. The van der Waals surface area contributed by atoms with Crippen molar-refractivity contribution in [2.45, 2.75) is 26.3 Å². The first-order valence-electron chi connectivity index (χ1n) is 10.7. The smallest absolute Gasteiger partial charge is 0.317 e. The molecule has 2 atom stereocenters. The zero-order valence-corrected chi connectivity index (χ0v) is 18.3. The Balaban J connectivity index is 1.51. The quantitative estimate of drug-likeness (QED) is 0.703. The molecule has 2 N–H and O–H groups in total. The number of hydrogen-bond donors (Lipinski definition) is 2. The number of hydrogen-bond acceptors (Lipinski definition) is 5. The molecular weight excluding hydrogens is 384 g/mol. The SMILES string of the molecule is Cc1cccc(C)c1NC(=O)CN(C)C(=O)NCC(C1CCOC1)N1CCOCC1. The van der Waals surface area contributed by atoms with Crippen molar-refractivity contribution < 1.29 is 19.1 Å². The number of rotatable bonds is 7. The summed E-state index contributed by atoms with van der Waals surface area (Å²) >= 11 is 0. The van der Waals surface area contributed by atoms with Crippen molar-refractivity contribution in [3.05, 3.63) is 29.3 Å². The van der Waals surface area contributed by atoms with Crippen LogP contribution < -0.4 is 10.6 Å². The van der Waals surface area contributed by atoms with Gasteiger partial charge in [-0.2, -0.15) is 0 Å². The highest BCUT2D eigenvalue weighted by atomic mass is 16.5. The van der Waals surface area contributed by atoms with E-state index in [2.05, 4.69) is 15.5 Å². The largest absolute Gasteiger partial charge is 0.381 e. The number of carbonyl (C=O) groups excluding carboxylic acids is 2. The molecule has 1 aromatic carbocycles. The molecule has 1 aromatic rings. The third-order valence-corrected chi connectivity index (χ3v) is 5.96. The summed E-state index contributed by atoms with van der Waals surface area (Å²) < 4.78 is 11.1. The Labute approximate surface area is 178 Å². The van der Waals surface area contributed by atoms with Gasteiger partial charge in [-0.1, -0.05) is 18.2 Å². The third-order valence-electron chi connectivity index (χ3n) is 5.96. The molecule has 0 spiro atoms. The molecule has 2 fully saturated rings. The first kappa shape index (κ1) is 22.5. The lowest BCUT2D eigenvalue weighted by Gasteiger charge is -2.37. The number of morpholine rings is 1. The molecule has 8 heteroatoms. The van der Waals surface area contributed by atoms with Gasteiger partial charge in [0.25, 0.3) is 0 Å². The molecule has 0 bridgehead atoms. The van der Waals surface area contributed by atoms with Crippen molar-refractivity contribution in [1.82, 2.24) is 15.1 Å². The third kappa shape index (κ3) is 5.93. The van der Waals surface area contributed by atoms with Crippen LogP contribution in [0.1, 0.15) is 17.5 Å². The lowest BCUT2D eigenvalue weighted by Crippen LogP contribution is -2.53. The standard InChI is InChI=1S/C22H34N4O4/c1-16-5-4-6-17(2)21(16)24-20(27)14-25(3)22(28)23-13-19(18-7-10-30-15-18)26-8-11-29-12-9-26/h4-6,18-19H,7-15H2,1-3H3,(H,23,28)(H,24,27). The highest BCUT2D eigenvalue weighted by Gasteiger charge is 2.32. The van der Waals surface area contributed by atoms with E-state index in [1.807, 2.05) is 32.0 Å². The molecule has 2 unspecified atom stereocenters. The number of likely N-dealkylation sites (N-methyl/N-ethyl adjacent to an activating group) is 1. The summed E-state index contributed by atoms with van der Waals surface area (Å²) in [5.74, 6) is 0.194. The van der Waals surface area contributed by atoms with Crippen LogP contribution >= 0.6 is 0 Å². The number of nitrogens with zero attached hydrogens (tertiary/aromatic N) is 2. The van der Waals surface area contributed by atoms with E-state index in [9.17, 15) is 9.59 Å². The molecule has 2 heterocycles. The number of para-hydroxylation sites is 1. The van der Waals surface area contributed by atoms with E-state index in [0.717, 1.165) is 62.8 Å². The monoisotopic (exact) mass is 418 g/mol. The Kier molecular flexibility index (Phi) is 8.07. The lowest BCUT2D eigenvalue weighted by atomic mass is 9.97. The minimum absolute atomic E-state index is 0.00559. The van der Waals surface area contributed by atoms with Gasteiger partial charge >= 0.3 is 6.03 Å². The molecule has 0 radical (unpaired) electrons. The molecule has 2 aliphatic heterocycles. The van der Waals surface area contributed by atoms with Crippen molar-refractivity contribution in [2.24, 2.45) is 5.92 Å². The average Bonchev–Trinajstić information content (AvgIpc) is 3.26. The van der Waals surface area contributed by atoms with E-state index >= 15 is 0 Å². The number of ether oxygens (including phenoxy) is 2. The van der Waals surface area contributed by atoms with Crippen LogP contribution in [0.5, 0.6) is 0 Å². The molecule has 2 saturated heterocycles. The van der Waals surface area contributed by atoms with Crippen molar-refractivity contribution >= 4 is 17.6 Å². The second-order valence-corrected chi connectivity index (χ2v) is 8.20. The van der Waals surface area contributed by atoms with Crippen molar-refractivity contribution in [3.63, 3.8) is 0 Å². The minimum Gasteiger partial charge on any atom is -0.381 e. The van der Waals surface area contributed by atoms with Gasteiger partial charge < -0.3 is 25.0 Å². The van der Waals surface area contributed by atoms with Crippen LogP contribution in [0.2, 0.25) is 0 Å². The minimum atomic E-state index is -0.246. The summed E-state index contributed by atoms with van der Waals surface area (Å²) in [6.07, 6.45) is 1.01. The van der Waals surface area contributed by atoms with Gasteiger partial charge in [-0.05, 0) is 31.4 Å². The second-order valence-electron chi connectivity index (χ2n) is 8.20. The van der Waals surface area contributed by atoms with E-state index in [1.165, 1.54) is 4.90 Å². The number of urea groups is 1. The molecule has 0 aliphatic carbocycles. The number of anilines is 1. The molecule has 3 rings (SSSR count). The van der Waals surface area contributed by atoms with Crippen molar-refractivity contribution in [3.8, 4) is 0 Å². The van der Waals surface area contributed by atoms with Crippen LogP contribution in [-0.4, -0.2) is 87.4 Å². The summed E-state index contributed by atoms with van der Waals surface area (Å²) in [6.45, 7) is 9.12. The van der Waals surface area contributed by atoms with Gasteiger partial charge in [-0.3, -0.25) is 9.69 Å². The Morgan fingerprint density at radius 1 is 1.17 bits per heavy atom. The van der Waals surface area contributed by atoms with Crippen LogP contribution in [-0.2, 0) is 14.3 Å². The molecule has 0 saturated carbocycles. The van der Waals surface area contributed by atoms with Gasteiger partial charge in [0.1, 0.15) is 6.54 Å². The van der Waals surface area contributed by atoms with Gasteiger partial charge in [0.15, 0.2) is 0 Å². The zero-order valence-electron chi connectivity index (χ0n) is 18.3. The van der Waals surface area contributed by atoms with Crippen LogP contribution in [0.15, 0.2) is 18.2 Å².